The first-order chi connectivity index (χ1) is 13.9. The molecule has 0 aromatic heterocycles. The highest BCUT2D eigenvalue weighted by molar-refractivity contribution is 5.81. The van der Waals surface area contributed by atoms with Crippen molar-refractivity contribution in [3.05, 3.63) is 12.7 Å². The molecule has 0 saturated heterocycles. The minimum atomic E-state index is -0.554. The Morgan fingerprint density at radius 2 is 1.62 bits per heavy atom. The van der Waals surface area contributed by atoms with Crippen LogP contribution in [0.5, 0.6) is 0 Å². The van der Waals surface area contributed by atoms with E-state index < -0.39 is 12.1 Å². The number of ether oxygens (including phenoxy) is 4. The highest BCUT2D eigenvalue weighted by atomic mass is 16.6. The molecule has 0 aliphatic heterocycles. The van der Waals surface area contributed by atoms with Crippen molar-refractivity contribution in [1.82, 2.24) is 5.32 Å². The van der Waals surface area contributed by atoms with E-state index in [9.17, 15) is 9.59 Å². The number of hydrogen-bond acceptors (Lipinski definition) is 6. The van der Waals surface area contributed by atoms with Crippen LogP contribution in [0.2, 0.25) is 0 Å². The van der Waals surface area contributed by atoms with Gasteiger partial charge in [0.15, 0.2) is 0 Å². The van der Waals surface area contributed by atoms with Gasteiger partial charge in [0.25, 0.3) is 0 Å². The molecule has 0 bridgehead atoms. The monoisotopic (exact) mass is 415 g/mol. The van der Waals surface area contributed by atoms with Gasteiger partial charge in [0.1, 0.15) is 13.2 Å². The minimum Gasteiger partial charge on any atom is -0.461 e. The van der Waals surface area contributed by atoms with Crippen LogP contribution in [0.3, 0.4) is 0 Å². The molecule has 1 N–H and O–H groups in total. The number of alkyl carbamates (subject to hydrolysis) is 1. The summed E-state index contributed by atoms with van der Waals surface area (Å²) in [6.45, 7) is 15.4. The minimum absolute atomic E-state index is 0.0878. The van der Waals surface area contributed by atoms with Gasteiger partial charge in [-0.1, -0.05) is 47.1 Å². The molecule has 0 aromatic rings. The van der Waals surface area contributed by atoms with E-state index in [1.807, 2.05) is 0 Å². The van der Waals surface area contributed by atoms with Crippen molar-refractivity contribution in [2.24, 2.45) is 17.8 Å². The summed E-state index contributed by atoms with van der Waals surface area (Å²) >= 11 is 0. The van der Waals surface area contributed by atoms with Crippen LogP contribution in [-0.2, 0) is 23.7 Å². The van der Waals surface area contributed by atoms with Gasteiger partial charge in [0.2, 0.25) is 0 Å². The average molecular weight is 416 g/mol. The van der Waals surface area contributed by atoms with Gasteiger partial charge in [-0.3, -0.25) is 0 Å². The number of esters is 1. The predicted octanol–water partition coefficient (Wildman–Crippen LogP) is 3.96. The molecule has 170 valence electrons. The first-order valence-corrected chi connectivity index (χ1v) is 10.8. The first-order valence-electron chi connectivity index (χ1n) is 10.8. The van der Waals surface area contributed by atoms with E-state index in [0.717, 1.165) is 37.5 Å². The zero-order valence-electron chi connectivity index (χ0n) is 18.7. The van der Waals surface area contributed by atoms with E-state index in [2.05, 4.69) is 44.3 Å². The maximum atomic E-state index is 11.2. The van der Waals surface area contributed by atoms with Crippen LogP contribution in [0.1, 0.15) is 53.4 Å². The first kappa shape index (κ1) is 27.4. The van der Waals surface area contributed by atoms with E-state index in [1.165, 1.54) is 19.3 Å². The topological polar surface area (TPSA) is 83.1 Å². The summed E-state index contributed by atoms with van der Waals surface area (Å²) in [5.74, 6) is 1.66. The van der Waals surface area contributed by atoms with Gasteiger partial charge in [-0.2, -0.15) is 0 Å². The van der Waals surface area contributed by atoms with Gasteiger partial charge in [-0.05, 0) is 30.6 Å². The largest absolute Gasteiger partial charge is 0.461 e. The summed E-state index contributed by atoms with van der Waals surface area (Å²) in [6, 6.07) is 0. The maximum absolute atomic E-state index is 11.2. The van der Waals surface area contributed by atoms with Gasteiger partial charge in [0.05, 0.1) is 13.2 Å². The average Bonchev–Trinajstić information content (AvgIpc) is 3.55. The third-order valence-electron chi connectivity index (χ3n) is 4.49. The lowest BCUT2D eigenvalue weighted by Crippen LogP contribution is -2.29. The lowest BCUT2D eigenvalue weighted by atomic mass is 10.1. The SMILES string of the molecule is C=CC(=O)OCCNC(=O)OCCOCC(C)CC.CCC(C)COCC1CC1. The molecule has 7 nitrogen and oxygen atoms in total. The molecule has 1 aliphatic rings. The number of hydrogen-bond donors (Lipinski definition) is 1. The standard InChI is InChI=1S/C13H23NO5.C9H18O/c1-4-11(3)10-17-8-9-19-13(16)14-6-7-18-12(15)5-2;1-3-8(2)6-10-7-9-4-5-9/h5,11H,2,4,6-10H2,1,3H3,(H,14,16);8-9H,3-7H2,1-2H3. The highest BCUT2D eigenvalue weighted by Crippen LogP contribution is 2.28. The van der Waals surface area contributed by atoms with Crippen LogP contribution in [-0.4, -0.2) is 58.2 Å². The Morgan fingerprint density at radius 3 is 2.17 bits per heavy atom. The van der Waals surface area contributed by atoms with Gasteiger partial charge in [-0.15, -0.1) is 0 Å². The highest BCUT2D eigenvalue weighted by Gasteiger charge is 2.21. The fraction of sp³-hybridized carbons (Fsp3) is 0.818. The Balaban J connectivity index is 0.000000651. The molecule has 7 heteroatoms. The van der Waals surface area contributed by atoms with Gasteiger partial charge >= 0.3 is 12.1 Å². The van der Waals surface area contributed by atoms with Crippen molar-refractivity contribution in [2.75, 3.05) is 46.2 Å². The second kappa shape index (κ2) is 18.4. The Labute approximate surface area is 176 Å². The summed E-state index contributed by atoms with van der Waals surface area (Å²) in [6.07, 6.45) is 5.62. The number of rotatable bonds is 15. The molecular formula is C22H41NO6. The van der Waals surface area contributed by atoms with Crippen molar-refractivity contribution in [1.29, 1.82) is 0 Å². The molecule has 1 aliphatic carbocycles. The molecule has 0 radical (unpaired) electrons. The Morgan fingerprint density at radius 1 is 1.00 bits per heavy atom. The summed E-state index contributed by atoms with van der Waals surface area (Å²) in [5, 5.41) is 2.44. The van der Waals surface area contributed by atoms with Crippen LogP contribution >= 0.6 is 0 Å². The van der Waals surface area contributed by atoms with Crippen molar-refractivity contribution < 1.29 is 28.5 Å². The van der Waals surface area contributed by atoms with E-state index in [0.29, 0.717) is 19.1 Å². The van der Waals surface area contributed by atoms with Crippen molar-refractivity contribution in [3.63, 3.8) is 0 Å². The van der Waals surface area contributed by atoms with Crippen LogP contribution in [0, 0.1) is 17.8 Å². The summed E-state index contributed by atoms with van der Waals surface area (Å²) in [4.78, 5) is 21.8. The summed E-state index contributed by atoms with van der Waals surface area (Å²) in [5.41, 5.74) is 0. The normalized spacial score (nSPS) is 14.8. The number of nitrogens with one attached hydrogen (secondary N) is 1. The second-order valence-electron chi connectivity index (χ2n) is 7.52. The molecular weight excluding hydrogens is 374 g/mol. The fourth-order valence-electron chi connectivity index (χ4n) is 1.85. The Kier molecular flexibility index (Phi) is 17.4. The van der Waals surface area contributed by atoms with E-state index >= 15 is 0 Å². The maximum Gasteiger partial charge on any atom is 0.407 e. The molecule has 2 atom stereocenters. The Bertz CT molecular complexity index is 439. The number of carbonyl (C=O) groups is 2. The molecule has 1 fully saturated rings. The predicted molar refractivity (Wildman–Crippen MR) is 114 cm³/mol. The summed E-state index contributed by atoms with van der Waals surface area (Å²) < 4.78 is 20.4. The third kappa shape index (κ3) is 19.5. The summed E-state index contributed by atoms with van der Waals surface area (Å²) in [7, 11) is 0. The molecule has 29 heavy (non-hydrogen) atoms. The third-order valence-corrected chi connectivity index (χ3v) is 4.49. The van der Waals surface area contributed by atoms with E-state index in [4.69, 9.17) is 14.2 Å². The lowest BCUT2D eigenvalue weighted by Gasteiger charge is -2.10. The molecule has 0 heterocycles. The van der Waals surface area contributed by atoms with Gasteiger partial charge < -0.3 is 24.3 Å². The van der Waals surface area contributed by atoms with Crippen molar-refractivity contribution in [2.45, 2.75) is 53.4 Å². The fourth-order valence-corrected chi connectivity index (χ4v) is 1.85. The van der Waals surface area contributed by atoms with E-state index in [-0.39, 0.29) is 19.8 Å². The molecule has 0 spiro atoms. The second-order valence-corrected chi connectivity index (χ2v) is 7.52. The van der Waals surface area contributed by atoms with Crippen LogP contribution in [0.15, 0.2) is 12.7 Å². The number of carbonyl (C=O) groups excluding carboxylic acids is 2. The van der Waals surface area contributed by atoms with Crippen molar-refractivity contribution in [3.8, 4) is 0 Å². The van der Waals surface area contributed by atoms with Gasteiger partial charge in [-0.25, -0.2) is 9.59 Å². The quantitative estimate of drug-likeness (QED) is 0.248. The smallest absolute Gasteiger partial charge is 0.407 e. The van der Waals surface area contributed by atoms with Gasteiger partial charge in [0, 0.05) is 25.9 Å². The molecule has 1 saturated carbocycles. The van der Waals surface area contributed by atoms with Crippen LogP contribution in [0.25, 0.3) is 0 Å². The number of amides is 1. The zero-order valence-corrected chi connectivity index (χ0v) is 18.7. The van der Waals surface area contributed by atoms with Crippen LogP contribution in [0.4, 0.5) is 4.79 Å². The Hall–Kier alpha value is -1.60. The molecule has 0 aromatic carbocycles. The molecule has 2 unspecified atom stereocenters. The molecule has 1 amide bonds. The van der Waals surface area contributed by atoms with Crippen molar-refractivity contribution >= 4 is 12.1 Å². The lowest BCUT2D eigenvalue weighted by molar-refractivity contribution is -0.137. The zero-order chi connectivity index (χ0) is 21.9. The molecule has 1 rings (SSSR count). The van der Waals surface area contributed by atoms with Crippen LogP contribution < -0.4 is 5.32 Å². The van der Waals surface area contributed by atoms with E-state index in [1.54, 1.807) is 0 Å².